The molecule has 1 aromatic carbocycles. The normalized spacial score (nSPS) is 19.2. The first kappa shape index (κ1) is 18.4. The van der Waals surface area contributed by atoms with Crippen LogP contribution in [0.5, 0.6) is 5.75 Å². The predicted octanol–water partition coefficient (Wildman–Crippen LogP) is 2.59. The van der Waals surface area contributed by atoms with Crippen LogP contribution in [-0.2, 0) is 12.8 Å². The Balaban J connectivity index is 1.52. The number of carbonyl (C=O) groups excluding carboxylic acids is 2. The molecular formula is C19H20N2O4S. The molecule has 1 aliphatic rings. The van der Waals surface area contributed by atoms with Crippen molar-refractivity contribution in [2.75, 3.05) is 6.61 Å². The molecular weight excluding hydrogens is 352 g/mol. The summed E-state index contributed by atoms with van der Waals surface area (Å²) in [5.41, 5.74) is 2.46. The van der Waals surface area contributed by atoms with Crippen LogP contribution in [0.1, 0.15) is 28.5 Å². The quantitative estimate of drug-likeness (QED) is 0.727. The molecule has 2 unspecified atom stereocenters. The van der Waals surface area contributed by atoms with E-state index in [9.17, 15) is 14.7 Å². The average molecular weight is 372 g/mol. The number of carbonyl (C=O) groups is 2. The standard InChI is InChI=1S/C19H20N2O4S/c1-2-12-5-8-15(20-10-12)16(22)11-25-14-6-3-13(4-7-14)9-17-18(23)21-19(24)26-17/h3-8,10,17-18,23H,2,9,11H2,1H3,(H,21,24). The second kappa shape index (κ2) is 8.33. The van der Waals surface area contributed by atoms with Crippen LogP contribution in [0.2, 0.25) is 0 Å². The fourth-order valence-corrected chi connectivity index (χ4v) is 3.51. The zero-order chi connectivity index (χ0) is 18.5. The summed E-state index contributed by atoms with van der Waals surface area (Å²) in [7, 11) is 0. The van der Waals surface area contributed by atoms with E-state index < -0.39 is 6.23 Å². The van der Waals surface area contributed by atoms with Gasteiger partial charge < -0.3 is 15.2 Å². The molecule has 2 atom stereocenters. The number of ketones is 1. The molecule has 1 saturated heterocycles. The van der Waals surface area contributed by atoms with Gasteiger partial charge in [-0.05, 0) is 42.2 Å². The van der Waals surface area contributed by atoms with E-state index >= 15 is 0 Å². The number of aliphatic hydroxyl groups is 1. The van der Waals surface area contributed by atoms with Crippen LogP contribution in [0, 0.1) is 0 Å². The van der Waals surface area contributed by atoms with E-state index in [-0.39, 0.29) is 22.9 Å². The summed E-state index contributed by atoms with van der Waals surface area (Å²) >= 11 is 1.10. The summed E-state index contributed by atoms with van der Waals surface area (Å²) in [6, 6.07) is 10.9. The molecule has 6 nitrogen and oxygen atoms in total. The molecule has 1 fully saturated rings. The lowest BCUT2D eigenvalue weighted by Gasteiger charge is -2.12. The second-order valence-corrected chi connectivity index (χ2v) is 7.21. The summed E-state index contributed by atoms with van der Waals surface area (Å²) in [6.45, 7) is 1.96. The molecule has 0 bridgehead atoms. The number of aliphatic hydroxyl groups excluding tert-OH is 1. The van der Waals surface area contributed by atoms with Gasteiger partial charge in [0.05, 0.1) is 5.25 Å². The van der Waals surface area contributed by atoms with E-state index in [4.69, 9.17) is 4.74 Å². The van der Waals surface area contributed by atoms with Crippen molar-refractivity contribution in [3.05, 3.63) is 59.4 Å². The summed E-state index contributed by atoms with van der Waals surface area (Å²) in [5, 5.41) is 11.8. The third-order valence-electron chi connectivity index (χ3n) is 4.13. The summed E-state index contributed by atoms with van der Waals surface area (Å²) in [5.74, 6) is 0.410. The Morgan fingerprint density at radius 2 is 1.96 bits per heavy atom. The number of nitrogens with one attached hydrogen (secondary N) is 1. The van der Waals surface area contributed by atoms with Gasteiger partial charge in [-0.3, -0.25) is 14.6 Å². The first-order valence-corrected chi connectivity index (χ1v) is 9.28. The smallest absolute Gasteiger partial charge is 0.281 e. The number of benzene rings is 1. The second-order valence-electron chi connectivity index (χ2n) is 6.00. The number of rotatable bonds is 7. The van der Waals surface area contributed by atoms with Crippen LogP contribution in [0.15, 0.2) is 42.6 Å². The van der Waals surface area contributed by atoms with Gasteiger partial charge in [-0.1, -0.05) is 36.9 Å². The fourth-order valence-electron chi connectivity index (χ4n) is 2.58. The van der Waals surface area contributed by atoms with Crippen LogP contribution in [0.4, 0.5) is 4.79 Å². The zero-order valence-electron chi connectivity index (χ0n) is 14.3. The summed E-state index contributed by atoms with van der Waals surface area (Å²) in [4.78, 5) is 27.5. The fraction of sp³-hybridized carbons (Fsp3) is 0.316. The molecule has 136 valence electrons. The largest absolute Gasteiger partial charge is 0.485 e. The van der Waals surface area contributed by atoms with Gasteiger partial charge in [0, 0.05) is 6.20 Å². The molecule has 0 saturated carbocycles. The highest BCUT2D eigenvalue weighted by atomic mass is 32.2. The minimum Gasteiger partial charge on any atom is -0.485 e. The molecule has 1 aliphatic heterocycles. The van der Waals surface area contributed by atoms with Crippen molar-refractivity contribution < 1.29 is 19.4 Å². The Kier molecular flexibility index (Phi) is 5.90. The van der Waals surface area contributed by atoms with Crippen LogP contribution in [0.3, 0.4) is 0 Å². The first-order valence-electron chi connectivity index (χ1n) is 8.40. The molecule has 3 rings (SSSR count). The van der Waals surface area contributed by atoms with E-state index in [1.807, 2.05) is 25.1 Å². The van der Waals surface area contributed by atoms with Gasteiger partial charge >= 0.3 is 0 Å². The predicted molar refractivity (Wildman–Crippen MR) is 99.5 cm³/mol. The topological polar surface area (TPSA) is 88.5 Å². The van der Waals surface area contributed by atoms with Gasteiger partial charge in [0.15, 0.2) is 6.61 Å². The highest BCUT2D eigenvalue weighted by molar-refractivity contribution is 8.14. The van der Waals surface area contributed by atoms with Crippen molar-refractivity contribution in [1.29, 1.82) is 0 Å². The Morgan fingerprint density at radius 3 is 2.54 bits per heavy atom. The molecule has 0 aliphatic carbocycles. The van der Waals surface area contributed by atoms with E-state index in [1.54, 1.807) is 24.4 Å². The van der Waals surface area contributed by atoms with E-state index in [0.717, 1.165) is 29.3 Å². The number of hydrogen-bond acceptors (Lipinski definition) is 6. The van der Waals surface area contributed by atoms with Crippen molar-refractivity contribution in [1.82, 2.24) is 10.3 Å². The third kappa shape index (κ3) is 4.62. The van der Waals surface area contributed by atoms with Crippen molar-refractivity contribution in [2.24, 2.45) is 0 Å². The Labute approximate surface area is 156 Å². The summed E-state index contributed by atoms with van der Waals surface area (Å²) < 4.78 is 5.53. The molecule has 2 N–H and O–H groups in total. The van der Waals surface area contributed by atoms with Gasteiger partial charge in [0.2, 0.25) is 5.78 Å². The Morgan fingerprint density at radius 1 is 1.23 bits per heavy atom. The van der Waals surface area contributed by atoms with Crippen molar-refractivity contribution in [3.8, 4) is 5.75 Å². The number of thioether (sulfide) groups is 1. The number of pyridine rings is 1. The maximum absolute atomic E-state index is 12.1. The number of hydrogen-bond donors (Lipinski definition) is 2. The lowest BCUT2D eigenvalue weighted by Crippen LogP contribution is -2.31. The number of Topliss-reactive ketones (excluding diaryl/α,β-unsaturated/α-hetero) is 1. The highest BCUT2D eigenvalue weighted by Gasteiger charge is 2.31. The number of ether oxygens (including phenoxy) is 1. The van der Waals surface area contributed by atoms with Crippen LogP contribution < -0.4 is 10.1 Å². The molecule has 0 radical (unpaired) electrons. The molecule has 1 amide bonds. The minimum absolute atomic E-state index is 0.0760. The maximum Gasteiger partial charge on any atom is 0.281 e. The van der Waals surface area contributed by atoms with Crippen molar-refractivity contribution >= 4 is 22.8 Å². The van der Waals surface area contributed by atoms with Gasteiger partial charge in [-0.15, -0.1) is 0 Å². The SMILES string of the molecule is CCc1ccc(C(=O)COc2ccc(CC3SC(=O)NC3O)cc2)nc1. The summed E-state index contributed by atoms with van der Waals surface area (Å²) in [6.07, 6.45) is 2.33. The molecule has 26 heavy (non-hydrogen) atoms. The average Bonchev–Trinajstić information content (AvgIpc) is 2.98. The van der Waals surface area contributed by atoms with Gasteiger partial charge in [-0.2, -0.15) is 0 Å². The Bertz CT molecular complexity index is 777. The van der Waals surface area contributed by atoms with Crippen molar-refractivity contribution in [2.45, 2.75) is 31.2 Å². The lowest BCUT2D eigenvalue weighted by molar-refractivity contribution is 0.0916. The molecule has 2 heterocycles. The van der Waals surface area contributed by atoms with Crippen LogP contribution in [0.25, 0.3) is 0 Å². The van der Waals surface area contributed by atoms with E-state index in [2.05, 4.69) is 10.3 Å². The maximum atomic E-state index is 12.1. The molecule has 1 aromatic heterocycles. The zero-order valence-corrected chi connectivity index (χ0v) is 15.2. The van der Waals surface area contributed by atoms with Crippen LogP contribution >= 0.6 is 11.8 Å². The molecule has 7 heteroatoms. The van der Waals surface area contributed by atoms with Gasteiger partial charge in [0.25, 0.3) is 5.24 Å². The van der Waals surface area contributed by atoms with Crippen LogP contribution in [-0.4, -0.2) is 39.2 Å². The minimum atomic E-state index is -0.826. The van der Waals surface area contributed by atoms with Gasteiger partial charge in [0.1, 0.15) is 17.7 Å². The monoisotopic (exact) mass is 372 g/mol. The molecule has 0 spiro atoms. The molecule has 2 aromatic rings. The lowest BCUT2D eigenvalue weighted by atomic mass is 10.1. The number of aryl methyl sites for hydroxylation is 1. The van der Waals surface area contributed by atoms with E-state index in [0.29, 0.717) is 17.9 Å². The van der Waals surface area contributed by atoms with E-state index in [1.165, 1.54) is 0 Å². The number of aromatic nitrogens is 1. The first-order chi connectivity index (χ1) is 12.5. The third-order valence-corrected chi connectivity index (χ3v) is 5.18. The number of amides is 1. The Hall–Kier alpha value is -2.38. The van der Waals surface area contributed by atoms with Crippen molar-refractivity contribution in [3.63, 3.8) is 0 Å². The van der Waals surface area contributed by atoms with Gasteiger partial charge in [-0.25, -0.2) is 0 Å². The number of nitrogens with zero attached hydrogens (tertiary/aromatic N) is 1. The highest BCUT2D eigenvalue weighted by Crippen LogP contribution is 2.26.